The molecule has 0 fully saturated rings. The van der Waals surface area contributed by atoms with Crippen LogP contribution in [0, 0.1) is 20.8 Å². The van der Waals surface area contributed by atoms with Gasteiger partial charge in [-0.15, -0.1) is 0 Å². The minimum atomic E-state index is -0.676. The van der Waals surface area contributed by atoms with Gasteiger partial charge in [0.2, 0.25) is 0 Å². The van der Waals surface area contributed by atoms with Crippen LogP contribution in [-0.4, -0.2) is 50.6 Å². The molecule has 0 heterocycles. The Labute approximate surface area is 177 Å². The number of aryl methyl sites for hydroxylation is 1. The molecule has 2 N–H and O–H groups in total. The van der Waals surface area contributed by atoms with Crippen LogP contribution in [0.4, 0.5) is 0 Å². The molecule has 0 aromatic heterocycles. The van der Waals surface area contributed by atoms with E-state index >= 15 is 0 Å². The molecule has 164 valence electrons. The van der Waals surface area contributed by atoms with Crippen molar-refractivity contribution in [3.05, 3.63) is 47.0 Å². The normalized spacial score (nSPS) is 11.7. The van der Waals surface area contributed by atoms with Crippen molar-refractivity contribution in [3.63, 3.8) is 0 Å². The second kappa shape index (κ2) is 11.4. The SMILES string of the molecule is COc1ccccc1OCCNCC(O)COc1cc(C)c(OC(C)=O)c(C)c1C. The third kappa shape index (κ3) is 6.64. The van der Waals surface area contributed by atoms with Crippen molar-refractivity contribution >= 4 is 5.97 Å². The summed E-state index contributed by atoms with van der Waals surface area (Å²) in [5.74, 6) is 2.24. The van der Waals surface area contributed by atoms with Crippen LogP contribution in [0.15, 0.2) is 30.3 Å². The van der Waals surface area contributed by atoms with Gasteiger partial charge in [-0.3, -0.25) is 4.79 Å². The first-order valence-electron chi connectivity index (χ1n) is 9.90. The van der Waals surface area contributed by atoms with Crippen LogP contribution in [0.5, 0.6) is 23.0 Å². The van der Waals surface area contributed by atoms with E-state index in [9.17, 15) is 9.90 Å². The molecule has 0 amide bonds. The molecule has 0 aliphatic heterocycles. The first-order valence-corrected chi connectivity index (χ1v) is 9.90. The Balaban J connectivity index is 1.77. The number of rotatable bonds is 11. The second-order valence-corrected chi connectivity index (χ2v) is 7.03. The predicted octanol–water partition coefficient (Wildman–Crippen LogP) is 2.95. The third-order valence-corrected chi connectivity index (χ3v) is 4.64. The average Bonchev–Trinajstić information content (AvgIpc) is 2.72. The molecule has 1 atom stereocenters. The van der Waals surface area contributed by atoms with Gasteiger partial charge in [-0.05, 0) is 55.7 Å². The quantitative estimate of drug-likeness (QED) is 0.330. The van der Waals surface area contributed by atoms with Crippen LogP contribution < -0.4 is 24.3 Å². The molecule has 0 saturated carbocycles. The first-order chi connectivity index (χ1) is 14.3. The van der Waals surface area contributed by atoms with Gasteiger partial charge < -0.3 is 29.4 Å². The molecule has 0 saturated heterocycles. The van der Waals surface area contributed by atoms with Gasteiger partial charge in [0, 0.05) is 20.0 Å². The smallest absolute Gasteiger partial charge is 0.308 e. The molecule has 2 aromatic rings. The van der Waals surface area contributed by atoms with E-state index in [1.807, 2.05) is 51.1 Å². The molecule has 0 radical (unpaired) electrons. The maximum atomic E-state index is 11.3. The molecule has 30 heavy (non-hydrogen) atoms. The molecule has 2 rings (SSSR count). The fourth-order valence-electron chi connectivity index (χ4n) is 2.96. The third-order valence-electron chi connectivity index (χ3n) is 4.64. The van der Waals surface area contributed by atoms with Crippen molar-refractivity contribution in [1.29, 1.82) is 0 Å². The molecule has 0 spiro atoms. The van der Waals surface area contributed by atoms with Crippen molar-refractivity contribution in [2.24, 2.45) is 0 Å². The number of nitrogens with one attached hydrogen (secondary N) is 1. The largest absolute Gasteiger partial charge is 0.493 e. The molecule has 0 bridgehead atoms. The van der Waals surface area contributed by atoms with Crippen molar-refractivity contribution < 1.29 is 28.8 Å². The number of carbonyl (C=O) groups is 1. The first kappa shape index (κ1) is 23.5. The number of methoxy groups -OCH3 is 1. The number of aliphatic hydroxyl groups excluding tert-OH is 1. The standard InChI is InChI=1S/C23H31NO6/c1-15-12-22(16(2)17(3)23(15)30-18(4)25)29-14-19(26)13-24-10-11-28-21-9-7-6-8-20(21)27-5/h6-9,12,19,24,26H,10-11,13-14H2,1-5H3. The van der Waals surface area contributed by atoms with E-state index in [4.69, 9.17) is 18.9 Å². The Hall–Kier alpha value is -2.77. The van der Waals surface area contributed by atoms with Crippen molar-refractivity contribution in [2.45, 2.75) is 33.8 Å². The van der Waals surface area contributed by atoms with Gasteiger partial charge in [0.25, 0.3) is 0 Å². The van der Waals surface area contributed by atoms with Gasteiger partial charge >= 0.3 is 5.97 Å². The highest BCUT2D eigenvalue weighted by Gasteiger charge is 2.15. The summed E-state index contributed by atoms with van der Waals surface area (Å²) < 4.78 is 22.0. The van der Waals surface area contributed by atoms with E-state index in [1.54, 1.807) is 7.11 Å². The maximum absolute atomic E-state index is 11.3. The Morgan fingerprint density at radius 1 is 1.07 bits per heavy atom. The highest BCUT2D eigenvalue weighted by Crippen LogP contribution is 2.33. The average molecular weight is 418 g/mol. The van der Waals surface area contributed by atoms with E-state index in [1.165, 1.54) is 6.92 Å². The zero-order valence-corrected chi connectivity index (χ0v) is 18.3. The molecule has 7 heteroatoms. The topological polar surface area (TPSA) is 86.2 Å². The number of esters is 1. The van der Waals surface area contributed by atoms with Crippen LogP contribution in [0.25, 0.3) is 0 Å². The van der Waals surface area contributed by atoms with Crippen molar-refractivity contribution in [1.82, 2.24) is 5.32 Å². The van der Waals surface area contributed by atoms with Crippen molar-refractivity contribution in [2.75, 3.05) is 33.4 Å². The van der Waals surface area contributed by atoms with Gasteiger partial charge in [0.15, 0.2) is 11.5 Å². The summed E-state index contributed by atoms with van der Waals surface area (Å²) in [6, 6.07) is 9.28. The monoisotopic (exact) mass is 417 g/mol. The number of hydrogen-bond acceptors (Lipinski definition) is 7. The zero-order chi connectivity index (χ0) is 22.1. The van der Waals surface area contributed by atoms with E-state index in [2.05, 4.69) is 5.32 Å². The number of ether oxygens (including phenoxy) is 4. The summed E-state index contributed by atoms with van der Waals surface area (Å²) >= 11 is 0. The highest BCUT2D eigenvalue weighted by atomic mass is 16.5. The lowest BCUT2D eigenvalue weighted by atomic mass is 10.0. The van der Waals surface area contributed by atoms with E-state index in [0.717, 1.165) is 16.7 Å². The number of para-hydroxylation sites is 2. The Kier molecular flexibility index (Phi) is 8.95. The van der Waals surface area contributed by atoms with Gasteiger partial charge in [0.05, 0.1) is 7.11 Å². The summed E-state index contributed by atoms with van der Waals surface area (Å²) in [7, 11) is 1.60. The van der Waals surface area contributed by atoms with Crippen LogP contribution in [-0.2, 0) is 4.79 Å². The molecular formula is C23H31NO6. The molecule has 7 nitrogen and oxygen atoms in total. The highest BCUT2D eigenvalue weighted by molar-refractivity contribution is 5.71. The summed E-state index contributed by atoms with van der Waals surface area (Å²) in [6.45, 7) is 8.56. The van der Waals surface area contributed by atoms with E-state index in [-0.39, 0.29) is 12.6 Å². The van der Waals surface area contributed by atoms with Crippen LogP contribution >= 0.6 is 0 Å². The lowest BCUT2D eigenvalue weighted by molar-refractivity contribution is -0.131. The second-order valence-electron chi connectivity index (χ2n) is 7.03. The van der Waals surface area contributed by atoms with Crippen LogP contribution in [0.1, 0.15) is 23.6 Å². The summed E-state index contributed by atoms with van der Waals surface area (Å²) in [5.41, 5.74) is 2.54. The molecular weight excluding hydrogens is 386 g/mol. The van der Waals surface area contributed by atoms with Crippen LogP contribution in [0.2, 0.25) is 0 Å². The van der Waals surface area contributed by atoms with Gasteiger partial charge in [-0.1, -0.05) is 12.1 Å². The minimum absolute atomic E-state index is 0.146. The molecule has 0 aliphatic carbocycles. The number of hydrogen-bond donors (Lipinski definition) is 2. The number of carbonyl (C=O) groups excluding carboxylic acids is 1. The lowest BCUT2D eigenvalue weighted by Gasteiger charge is -2.18. The van der Waals surface area contributed by atoms with E-state index < -0.39 is 6.10 Å². The summed E-state index contributed by atoms with van der Waals surface area (Å²) in [4.78, 5) is 11.3. The predicted molar refractivity (Wildman–Crippen MR) is 115 cm³/mol. The number of benzene rings is 2. The summed E-state index contributed by atoms with van der Waals surface area (Å²) in [6.07, 6.45) is -0.676. The van der Waals surface area contributed by atoms with Crippen molar-refractivity contribution in [3.8, 4) is 23.0 Å². The Bertz CT molecular complexity index is 852. The molecule has 0 aliphatic rings. The molecule has 1 unspecified atom stereocenters. The van der Waals surface area contributed by atoms with E-state index in [0.29, 0.717) is 42.7 Å². The van der Waals surface area contributed by atoms with Gasteiger partial charge in [-0.25, -0.2) is 0 Å². The fourth-order valence-corrected chi connectivity index (χ4v) is 2.96. The Morgan fingerprint density at radius 2 is 1.77 bits per heavy atom. The fraction of sp³-hybridized carbons (Fsp3) is 0.435. The Morgan fingerprint density at radius 3 is 2.43 bits per heavy atom. The summed E-state index contributed by atoms with van der Waals surface area (Å²) in [5, 5.41) is 13.3. The van der Waals surface area contributed by atoms with Crippen LogP contribution in [0.3, 0.4) is 0 Å². The maximum Gasteiger partial charge on any atom is 0.308 e. The number of aliphatic hydroxyl groups is 1. The van der Waals surface area contributed by atoms with Gasteiger partial charge in [-0.2, -0.15) is 0 Å². The lowest BCUT2D eigenvalue weighted by Crippen LogP contribution is -2.33. The van der Waals surface area contributed by atoms with Gasteiger partial charge in [0.1, 0.15) is 30.8 Å². The molecule has 2 aromatic carbocycles. The zero-order valence-electron chi connectivity index (χ0n) is 18.3. The minimum Gasteiger partial charge on any atom is -0.493 e.